The van der Waals surface area contributed by atoms with E-state index in [0.717, 1.165) is 17.0 Å². The van der Waals surface area contributed by atoms with Crippen LogP contribution in [0.15, 0.2) is 76.4 Å². The second-order valence-electron chi connectivity index (χ2n) is 7.18. The molecule has 1 N–H and O–H groups in total. The second kappa shape index (κ2) is 10.2. The molecule has 0 saturated carbocycles. The van der Waals surface area contributed by atoms with E-state index in [9.17, 15) is 4.79 Å². The maximum absolute atomic E-state index is 12.9. The predicted octanol–water partition coefficient (Wildman–Crippen LogP) is 6.03. The number of pyridine rings is 1. The summed E-state index contributed by atoms with van der Waals surface area (Å²) in [5.74, 6) is 3.06. The summed E-state index contributed by atoms with van der Waals surface area (Å²) in [6.45, 7) is 3.78. The van der Waals surface area contributed by atoms with E-state index in [0.29, 0.717) is 39.3 Å². The van der Waals surface area contributed by atoms with E-state index in [1.54, 1.807) is 49.7 Å². The van der Waals surface area contributed by atoms with Gasteiger partial charge in [-0.05, 0) is 62.4 Å². The Morgan fingerprint density at radius 1 is 1.03 bits per heavy atom. The van der Waals surface area contributed by atoms with E-state index < -0.39 is 0 Å². The van der Waals surface area contributed by atoms with Crippen LogP contribution in [0.3, 0.4) is 0 Å². The van der Waals surface area contributed by atoms with Gasteiger partial charge in [0.25, 0.3) is 5.91 Å². The molecule has 7 nitrogen and oxygen atoms in total. The molecule has 0 aliphatic carbocycles. The number of para-hydroxylation sites is 2. The van der Waals surface area contributed by atoms with Gasteiger partial charge < -0.3 is 19.3 Å². The normalized spacial score (nSPS) is 10.6. The van der Waals surface area contributed by atoms with Crippen LogP contribution in [-0.4, -0.2) is 23.2 Å². The maximum Gasteiger partial charge on any atom is 0.258 e. The minimum Gasteiger partial charge on any atom is -0.493 e. The average Bonchev–Trinajstić information content (AvgIpc) is 3.16. The van der Waals surface area contributed by atoms with Gasteiger partial charge in [0, 0.05) is 23.2 Å². The fourth-order valence-corrected chi connectivity index (χ4v) is 4.31. The molecule has 0 aliphatic heterocycles. The lowest BCUT2D eigenvalue weighted by atomic mass is 10.2. The molecule has 0 unspecified atom stereocenters. The average molecular weight is 462 g/mol. The molecule has 0 aliphatic rings. The van der Waals surface area contributed by atoms with Crippen LogP contribution in [0.2, 0.25) is 0 Å². The third kappa shape index (κ3) is 5.35. The zero-order valence-electron chi connectivity index (χ0n) is 18.5. The van der Waals surface area contributed by atoms with Crippen LogP contribution in [0.25, 0.3) is 0 Å². The van der Waals surface area contributed by atoms with Crippen LogP contribution in [0.5, 0.6) is 17.2 Å². The molecule has 0 radical (unpaired) electrons. The van der Waals surface area contributed by atoms with Crippen LogP contribution in [0.1, 0.15) is 27.4 Å². The number of nitrogens with one attached hydrogen (secondary N) is 1. The molecule has 0 atom stereocenters. The van der Waals surface area contributed by atoms with Gasteiger partial charge >= 0.3 is 0 Å². The van der Waals surface area contributed by atoms with Crippen molar-refractivity contribution < 1.29 is 18.8 Å². The topological polar surface area (TPSA) is 86.5 Å². The molecule has 33 heavy (non-hydrogen) atoms. The van der Waals surface area contributed by atoms with Crippen LogP contribution in [-0.2, 0) is 5.75 Å². The van der Waals surface area contributed by atoms with Crippen molar-refractivity contribution >= 4 is 23.4 Å². The molecule has 2 heterocycles. The number of benzene rings is 2. The summed E-state index contributed by atoms with van der Waals surface area (Å²) >= 11 is 1.48. The largest absolute Gasteiger partial charge is 0.493 e. The predicted molar refractivity (Wildman–Crippen MR) is 127 cm³/mol. The molecule has 4 aromatic rings. The Hall–Kier alpha value is -3.78. The summed E-state index contributed by atoms with van der Waals surface area (Å²) in [6, 6.07) is 18.1. The number of aryl methyl sites for hydroxylation is 2. The van der Waals surface area contributed by atoms with Crippen molar-refractivity contribution in [3.63, 3.8) is 0 Å². The summed E-state index contributed by atoms with van der Waals surface area (Å²) in [5.41, 5.74) is 3.02. The van der Waals surface area contributed by atoms with Gasteiger partial charge in [0.05, 0.1) is 18.4 Å². The SMILES string of the molecule is COc1ccccc1Oc1ccc(NC(=O)c2cccnc2SCc2c(C)noc2C)cc1. The highest BCUT2D eigenvalue weighted by atomic mass is 32.2. The third-order valence-corrected chi connectivity index (χ3v) is 5.99. The fourth-order valence-electron chi connectivity index (χ4n) is 3.16. The maximum atomic E-state index is 12.9. The number of rotatable bonds is 8. The van der Waals surface area contributed by atoms with E-state index in [2.05, 4.69) is 15.5 Å². The Kier molecular flexibility index (Phi) is 6.95. The molecule has 168 valence electrons. The summed E-state index contributed by atoms with van der Waals surface area (Å²) in [5, 5.41) is 7.55. The number of hydrogen-bond acceptors (Lipinski definition) is 7. The van der Waals surface area contributed by atoms with Crippen LogP contribution in [0.4, 0.5) is 5.69 Å². The second-order valence-corrected chi connectivity index (χ2v) is 8.14. The van der Waals surface area contributed by atoms with E-state index in [4.69, 9.17) is 14.0 Å². The highest BCUT2D eigenvalue weighted by molar-refractivity contribution is 7.98. The lowest BCUT2D eigenvalue weighted by Gasteiger charge is -2.11. The third-order valence-electron chi connectivity index (χ3n) is 4.96. The van der Waals surface area contributed by atoms with Crippen LogP contribution >= 0.6 is 11.8 Å². The van der Waals surface area contributed by atoms with Crippen molar-refractivity contribution in [2.24, 2.45) is 0 Å². The number of hydrogen-bond donors (Lipinski definition) is 1. The number of ether oxygens (including phenoxy) is 2. The number of amides is 1. The molecular formula is C25H23N3O4S. The zero-order chi connectivity index (χ0) is 23.2. The zero-order valence-corrected chi connectivity index (χ0v) is 19.3. The lowest BCUT2D eigenvalue weighted by molar-refractivity contribution is 0.102. The van der Waals surface area contributed by atoms with Crippen molar-refractivity contribution in [3.8, 4) is 17.2 Å². The molecule has 8 heteroatoms. The molecular weight excluding hydrogens is 438 g/mol. The van der Waals surface area contributed by atoms with E-state index in [-0.39, 0.29) is 5.91 Å². The van der Waals surface area contributed by atoms with Gasteiger partial charge in [0.1, 0.15) is 16.5 Å². The van der Waals surface area contributed by atoms with Crippen molar-refractivity contribution in [1.82, 2.24) is 10.1 Å². The molecule has 0 saturated heterocycles. The van der Waals surface area contributed by atoms with Crippen LogP contribution in [0, 0.1) is 13.8 Å². The number of thioether (sulfide) groups is 1. The Bertz CT molecular complexity index is 1240. The van der Waals surface area contributed by atoms with Gasteiger partial charge in [-0.1, -0.05) is 17.3 Å². The molecule has 0 spiro atoms. The van der Waals surface area contributed by atoms with E-state index >= 15 is 0 Å². The minimum atomic E-state index is -0.234. The fraction of sp³-hybridized carbons (Fsp3) is 0.160. The summed E-state index contributed by atoms with van der Waals surface area (Å²) in [6.07, 6.45) is 1.68. The smallest absolute Gasteiger partial charge is 0.258 e. The number of nitrogens with zero attached hydrogens (tertiary/aromatic N) is 2. The van der Waals surface area contributed by atoms with Gasteiger partial charge in [-0.25, -0.2) is 4.98 Å². The van der Waals surface area contributed by atoms with Gasteiger partial charge in [0.2, 0.25) is 0 Å². The minimum absolute atomic E-state index is 0.234. The van der Waals surface area contributed by atoms with Gasteiger partial charge in [-0.2, -0.15) is 0 Å². The van der Waals surface area contributed by atoms with Gasteiger partial charge in [-0.3, -0.25) is 4.79 Å². The van der Waals surface area contributed by atoms with Crippen molar-refractivity contribution in [3.05, 3.63) is 89.4 Å². The van der Waals surface area contributed by atoms with Crippen molar-refractivity contribution in [1.29, 1.82) is 0 Å². The van der Waals surface area contributed by atoms with Gasteiger partial charge in [-0.15, -0.1) is 11.8 Å². The number of carbonyl (C=O) groups excluding carboxylic acids is 1. The number of aromatic nitrogens is 2. The first-order valence-corrected chi connectivity index (χ1v) is 11.3. The van der Waals surface area contributed by atoms with E-state index in [1.807, 2.05) is 38.1 Å². The highest BCUT2D eigenvalue weighted by Crippen LogP contribution is 2.32. The number of carbonyl (C=O) groups is 1. The summed E-state index contributed by atoms with van der Waals surface area (Å²) in [7, 11) is 1.60. The lowest BCUT2D eigenvalue weighted by Crippen LogP contribution is -2.13. The Balaban J connectivity index is 1.43. The quantitative estimate of drug-likeness (QED) is 0.321. The Morgan fingerprint density at radius 3 is 2.48 bits per heavy atom. The first kappa shape index (κ1) is 22.4. The summed E-state index contributed by atoms with van der Waals surface area (Å²) < 4.78 is 16.4. The Labute approximate surface area is 196 Å². The van der Waals surface area contributed by atoms with Crippen molar-refractivity contribution in [2.45, 2.75) is 24.6 Å². The molecule has 4 rings (SSSR count). The van der Waals surface area contributed by atoms with Crippen molar-refractivity contribution in [2.75, 3.05) is 12.4 Å². The highest BCUT2D eigenvalue weighted by Gasteiger charge is 2.16. The van der Waals surface area contributed by atoms with Gasteiger partial charge in [0.15, 0.2) is 11.5 Å². The monoisotopic (exact) mass is 461 g/mol. The molecule has 2 aromatic heterocycles. The first-order valence-electron chi connectivity index (χ1n) is 10.3. The molecule has 2 aromatic carbocycles. The Morgan fingerprint density at radius 2 is 1.79 bits per heavy atom. The summed E-state index contributed by atoms with van der Waals surface area (Å²) in [4.78, 5) is 17.3. The standard InChI is InChI=1S/C25H23N3O4S/c1-16-21(17(2)32-28-16)15-33-25-20(7-6-14-26-25)24(29)27-18-10-12-19(13-11-18)31-23-9-5-4-8-22(23)30-3/h4-14H,15H2,1-3H3,(H,27,29). The molecule has 1 amide bonds. The number of methoxy groups -OCH3 is 1. The first-order chi connectivity index (χ1) is 16.0. The molecule has 0 bridgehead atoms. The van der Waals surface area contributed by atoms with Crippen LogP contribution < -0.4 is 14.8 Å². The van der Waals surface area contributed by atoms with E-state index in [1.165, 1.54) is 11.8 Å². The number of anilines is 1. The molecule has 0 fully saturated rings.